The third kappa shape index (κ3) is 6.18. The van der Waals surface area contributed by atoms with Crippen LogP contribution in [-0.2, 0) is 4.74 Å². The predicted molar refractivity (Wildman–Crippen MR) is 82.3 cm³/mol. The van der Waals surface area contributed by atoms with Crippen LogP contribution in [-0.4, -0.2) is 37.8 Å². The number of para-hydroxylation sites is 1. The molecule has 106 valence electrons. The smallest absolute Gasteiger partial charge is 0.319 e. The fourth-order valence-electron chi connectivity index (χ4n) is 1.49. The molecule has 1 atom stereocenters. The van der Waals surface area contributed by atoms with Gasteiger partial charge in [-0.05, 0) is 30.6 Å². The van der Waals surface area contributed by atoms with Crippen LogP contribution in [0.3, 0.4) is 0 Å². The Morgan fingerprint density at radius 1 is 1.47 bits per heavy atom. The van der Waals surface area contributed by atoms with Crippen molar-refractivity contribution in [1.29, 1.82) is 0 Å². The first-order valence-corrected chi connectivity index (χ1v) is 7.75. The molecule has 4 nitrogen and oxygen atoms in total. The molecule has 0 saturated carbocycles. The van der Waals surface area contributed by atoms with Crippen LogP contribution in [0.25, 0.3) is 0 Å². The second kappa shape index (κ2) is 9.07. The zero-order valence-corrected chi connectivity index (χ0v) is 12.7. The minimum absolute atomic E-state index is 0.0319. The quantitative estimate of drug-likeness (QED) is 0.813. The summed E-state index contributed by atoms with van der Waals surface area (Å²) in [7, 11) is 1.65. The maximum atomic E-state index is 11.7. The lowest BCUT2D eigenvalue weighted by Crippen LogP contribution is -2.36. The molecule has 0 aromatic heterocycles. The number of urea groups is 1. The van der Waals surface area contributed by atoms with E-state index in [0.717, 1.165) is 12.2 Å². The van der Waals surface area contributed by atoms with Gasteiger partial charge in [0.15, 0.2) is 0 Å². The van der Waals surface area contributed by atoms with E-state index in [2.05, 4.69) is 10.6 Å². The highest BCUT2D eigenvalue weighted by Crippen LogP contribution is 2.20. The molecule has 6 heteroatoms. The van der Waals surface area contributed by atoms with Crippen molar-refractivity contribution in [1.82, 2.24) is 5.32 Å². The average molecular weight is 303 g/mol. The number of nitrogens with one attached hydrogen (secondary N) is 2. The van der Waals surface area contributed by atoms with Gasteiger partial charge in [-0.25, -0.2) is 4.79 Å². The zero-order valence-electron chi connectivity index (χ0n) is 11.1. The molecular weight excluding hydrogens is 284 g/mol. The summed E-state index contributed by atoms with van der Waals surface area (Å²) >= 11 is 7.72. The van der Waals surface area contributed by atoms with Crippen LogP contribution in [0.5, 0.6) is 0 Å². The van der Waals surface area contributed by atoms with Gasteiger partial charge in [0, 0.05) is 13.7 Å². The Morgan fingerprint density at radius 3 is 2.84 bits per heavy atom. The summed E-state index contributed by atoms with van der Waals surface area (Å²) in [6.07, 6.45) is 2.98. The number of anilines is 1. The number of carbonyl (C=O) groups excluding carboxylic acids is 1. The highest BCUT2D eigenvalue weighted by Gasteiger charge is 2.10. The Bertz CT molecular complexity index is 404. The largest absolute Gasteiger partial charge is 0.380 e. The number of amides is 2. The van der Waals surface area contributed by atoms with Crippen molar-refractivity contribution in [3.05, 3.63) is 29.3 Å². The SMILES string of the molecule is COC(CCSC)CNC(=O)Nc1ccccc1Cl. The van der Waals surface area contributed by atoms with Gasteiger partial charge in [0.2, 0.25) is 0 Å². The molecule has 0 aliphatic carbocycles. The van der Waals surface area contributed by atoms with Crippen LogP contribution in [0.1, 0.15) is 6.42 Å². The number of methoxy groups -OCH3 is 1. The summed E-state index contributed by atoms with van der Waals surface area (Å²) in [5, 5.41) is 6.00. The molecule has 19 heavy (non-hydrogen) atoms. The van der Waals surface area contributed by atoms with Gasteiger partial charge in [0.25, 0.3) is 0 Å². The van der Waals surface area contributed by atoms with E-state index < -0.39 is 0 Å². The van der Waals surface area contributed by atoms with Gasteiger partial charge in [0.1, 0.15) is 0 Å². The van der Waals surface area contributed by atoms with E-state index in [1.807, 2.05) is 18.4 Å². The number of ether oxygens (including phenoxy) is 1. The van der Waals surface area contributed by atoms with Gasteiger partial charge in [-0.15, -0.1) is 0 Å². The van der Waals surface area contributed by atoms with Crippen molar-refractivity contribution in [3.8, 4) is 0 Å². The van der Waals surface area contributed by atoms with E-state index in [-0.39, 0.29) is 12.1 Å². The molecule has 1 rings (SSSR count). The summed E-state index contributed by atoms with van der Waals surface area (Å²) < 4.78 is 5.29. The summed E-state index contributed by atoms with van der Waals surface area (Å²) in [5.74, 6) is 1.01. The average Bonchev–Trinajstić information content (AvgIpc) is 2.41. The van der Waals surface area contributed by atoms with Crippen molar-refractivity contribution < 1.29 is 9.53 Å². The van der Waals surface area contributed by atoms with Crippen molar-refractivity contribution in [2.24, 2.45) is 0 Å². The van der Waals surface area contributed by atoms with Crippen molar-refractivity contribution in [2.75, 3.05) is 31.0 Å². The maximum Gasteiger partial charge on any atom is 0.319 e. The van der Waals surface area contributed by atoms with Gasteiger partial charge in [-0.3, -0.25) is 0 Å². The van der Waals surface area contributed by atoms with Crippen molar-refractivity contribution in [3.63, 3.8) is 0 Å². The Balaban J connectivity index is 2.37. The molecule has 0 bridgehead atoms. The molecule has 1 unspecified atom stereocenters. The highest BCUT2D eigenvalue weighted by atomic mass is 35.5. The molecule has 1 aromatic rings. The van der Waals surface area contributed by atoms with E-state index in [4.69, 9.17) is 16.3 Å². The Kier molecular flexibility index (Phi) is 7.70. The molecule has 2 N–H and O–H groups in total. The number of rotatable bonds is 7. The summed E-state index contributed by atoms with van der Waals surface area (Å²) in [6, 6.07) is 6.84. The highest BCUT2D eigenvalue weighted by molar-refractivity contribution is 7.98. The lowest BCUT2D eigenvalue weighted by atomic mass is 10.3. The number of hydrogen-bond donors (Lipinski definition) is 2. The lowest BCUT2D eigenvalue weighted by Gasteiger charge is -2.16. The number of hydrogen-bond acceptors (Lipinski definition) is 3. The summed E-state index contributed by atoms with van der Waals surface area (Å²) in [6.45, 7) is 0.480. The number of benzene rings is 1. The van der Waals surface area contributed by atoms with Gasteiger partial charge in [-0.2, -0.15) is 11.8 Å². The van der Waals surface area contributed by atoms with Crippen LogP contribution in [0.15, 0.2) is 24.3 Å². The third-order valence-electron chi connectivity index (χ3n) is 2.59. The van der Waals surface area contributed by atoms with Crippen LogP contribution < -0.4 is 10.6 Å². The molecule has 0 saturated heterocycles. The fraction of sp³-hybridized carbons (Fsp3) is 0.462. The second-order valence-electron chi connectivity index (χ2n) is 3.95. The number of halogens is 1. The molecule has 1 aromatic carbocycles. The molecule has 0 spiro atoms. The third-order valence-corrected chi connectivity index (χ3v) is 3.56. The molecule has 0 heterocycles. The topological polar surface area (TPSA) is 50.4 Å². The Hall–Kier alpha value is -0.910. The Morgan fingerprint density at radius 2 is 2.21 bits per heavy atom. The van der Waals surface area contributed by atoms with E-state index in [0.29, 0.717) is 17.3 Å². The molecule has 0 aliphatic rings. The standard InChI is InChI=1S/C13H19ClN2O2S/c1-18-10(7-8-19-2)9-15-13(17)16-12-6-4-3-5-11(12)14/h3-6,10H,7-9H2,1-2H3,(H2,15,16,17). The maximum absolute atomic E-state index is 11.7. The molecule has 0 aliphatic heterocycles. The Labute approximate surface area is 123 Å². The molecule has 0 fully saturated rings. The van der Waals surface area contributed by atoms with Gasteiger partial charge < -0.3 is 15.4 Å². The van der Waals surface area contributed by atoms with Crippen LogP contribution in [0, 0.1) is 0 Å². The fourth-order valence-corrected chi connectivity index (χ4v) is 2.17. The summed E-state index contributed by atoms with van der Waals surface area (Å²) in [5.41, 5.74) is 0.597. The van der Waals surface area contributed by atoms with Gasteiger partial charge in [0.05, 0.1) is 16.8 Å². The van der Waals surface area contributed by atoms with E-state index in [1.165, 1.54) is 0 Å². The molecule has 0 radical (unpaired) electrons. The molecule has 2 amide bonds. The van der Waals surface area contributed by atoms with E-state index in [1.54, 1.807) is 31.0 Å². The lowest BCUT2D eigenvalue weighted by molar-refractivity contribution is 0.102. The normalized spacial score (nSPS) is 11.9. The van der Waals surface area contributed by atoms with Gasteiger partial charge >= 0.3 is 6.03 Å². The van der Waals surface area contributed by atoms with Crippen molar-refractivity contribution >= 4 is 35.1 Å². The molecular formula is C13H19ClN2O2S. The number of carbonyl (C=O) groups is 1. The van der Waals surface area contributed by atoms with Crippen LogP contribution in [0.2, 0.25) is 5.02 Å². The van der Waals surface area contributed by atoms with Crippen LogP contribution >= 0.6 is 23.4 Å². The minimum Gasteiger partial charge on any atom is -0.380 e. The second-order valence-corrected chi connectivity index (χ2v) is 5.35. The minimum atomic E-state index is -0.278. The monoisotopic (exact) mass is 302 g/mol. The van der Waals surface area contributed by atoms with Crippen LogP contribution in [0.4, 0.5) is 10.5 Å². The predicted octanol–water partition coefficient (Wildman–Crippen LogP) is 3.23. The van der Waals surface area contributed by atoms with E-state index >= 15 is 0 Å². The van der Waals surface area contributed by atoms with Gasteiger partial charge in [-0.1, -0.05) is 23.7 Å². The summed E-state index contributed by atoms with van der Waals surface area (Å²) in [4.78, 5) is 11.7. The van der Waals surface area contributed by atoms with Crippen molar-refractivity contribution in [2.45, 2.75) is 12.5 Å². The first-order chi connectivity index (χ1) is 9.17. The first kappa shape index (κ1) is 16.1. The zero-order chi connectivity index (χ0) is 14.1. The van der Waals surface area contributed by atoms with E-state index in [9.17, 15) is 4.79 Å². The first-order valence-electron chi connectivity index (χ1n) is 5.98. The number of thioether (sulfide) groups is 1.